The van der Waals surface area contributed by atoms with Crippen molar-refractivity contribution in [2.24, 2.45) is 5.92 Å². The van der Waals surface area contributed by atoms with Gasteiger partial charge in [-0.25, -0.2) is 13.1 Å². The molecule has 0 bridgehead atoms. The summed E-state index contributed by atoms with van der Waals surface area (Å²) in [4.78, 5) is 0.348. The van der Waals surface area contributed by atoms with E-state index in [2.05, 4.69) is 4.72 Å². The summed E-state index contributed by atoms with van der Waals surface area (Å²) in [6.45, 7) is 0.467. The van der Waals surface area contributed by atoms with Crippen LogP contribution >= 0.6 is 11.6 Å². The maximum atomic E-state index is 12.5. The van der Waals surface area contributed by atoms with Gasteiger partial charge < -0.3 is 0 Å². The van der Waals surface area contributed by atoms with Gasteiger partial charge in [0, 0.05) is 17.3 Å². The van der Waals surface area contributed by atoms with Gasteiger partial charge in [-0.15, -0.1) is 11.6 Å². The van der Waals surface area contributed by atoms with E-state index in [0.717, 1.165) is 30.0 Å². The summed E-state index contributed by atoms with van der Waals surface area (Å²) in [6.07, 6.45) is 2.86. The highest BCUT2D eigenvalue weighted by molar-refractivity contribution is 7.89. The van der Waals surface area contributed by atoms with E-state index in [-0.39, 0.29) is 5.38 Å². The predicted octanol–water partition coefficient (Wildman–Crippen LogP) is 3.53. The number of halogens is 1. The highest BCUT2D eigenvalue weighted by atomic mass is 35.5. The van der Waals surface area contributed by atoms with E-state index in [1.165, 1.54) is 0 Å². The maximum absolute atomic E-state index is 12.5. The zero-order valence-corrected chi connectivity index (χ0v) is 13.2. The van der Waals surface area contributed by atoms with Gasteiger partial charge in [0.2, 0.25) is 10.0 Å². The summed E-state index contributed by atoms with van der Waals surface area (Å²) in [5.41, 5.74) is 0. The number of fused-ring (bicyclic) bond motifs is 1. The smallest absolute Gasteiger partial charge is 0.211 e. The van der Waals surface area contributed by atoms with Crippen molar-refractivity contribution in [1.82, 2.24) is 4.72 Å². The van der Waals surface area contributed by atoms with E-state index in [4.69, 9.17) is 11.6 Å². The minimum absolute atomic E-state index is 0.192. The molecule has 1 N–H and O–H groups in total. The van der Waals surface area contributed by atoms with Crippen LogP contribution in [0.1, 0.15) is 19.3 Å². The van der Waals surface area contributed by atoms with Gasteiger partial charge in [-0.2, -0.15) is 0 Å². The van der Waals surface area contributed by atoms with Gasteiger partial charge in [-0.05, 0) is 36.6 Å². The second kappa shape index (κ2) is 5.95. The molecule has 3 nitrogen and oxygen atoms in total. The van der Waals surface area contributed by atoms with Crippen LogP contribution in [0, 0.1) is 5.92 Å². The fraction of sp³-hybridized carbons (Fsp3) is 0.375. The average molecular weight is 324 g/mol. The molecule has 21 heavy (non-hydrogen) atoms. The van der Waals surface area contributed by atoms with E-state index < -0.39 is 10.0 Å². The Morgan fingerprint density at radius 1 is 1.10 bits per heavy atom. The highest BCUT2D eigenvalue weighted by Crippen LogP contribution is 2.29. The Hall–Kier alpha value is -1.10. The normalized spacial score (nSPS) is 22.7. The summed E-state index contributed by atoms with van der Waals surface area (Å²) >= 11 is 6.07. The molecule has 112 valence electrons. The molecule has 0 saturated heterocycles. The van der Waals surface area contributed by atoms with Crippen molar-refractivity contribution in [3.63, 3.8) is 0 Å². The largest absolute Gasteiger partial charge is 0.241 e. The molecule has 0 amide bonds. The van der Waals surface area contributed by atoms with E-state index in [0.29, 0.717) is 17.4 Å². The molecule has 0 aliphatic heterocycles. The number of hydrogen-bond acceptors (Lipinski definition) is 2. The van der Waals surface area contributed by atoms with Gasteiger partial charge in [-0.1, -0.05) is 36.4 Å². The molecule has 0 heterocycles. The lowest BCUT2D eigenvalue weighted by Gasteiger charge is -2.13. The quantitative estimate of drug-likeness (QED) is 0.875. The Labute approximate surface area is 130 Å². The summed E-state index contributed by atoms with van der Waals surface area (Å²) in [5.74, 6) is 0.345. The Bertz CT molecular complexity index is 740. The Balaban J connectivity index is 1.83. The molecule has 0 spiro atoms. The van der Waals surface area contributed by atoms with Crippen molar-refractivity contribution in [1.29, 1.82) is 0 Å². The van der Waals surface area contributed by atoms with E-state index in [9.17, 15) is 8.42 Å². The van der Waals surface area contributed by atoms with Crippen LogP contribution in [0.2, 0.25) is 0 Å². The molecule has 2 atom stereocenters. The number of hydrogen-bond donors (Lipinski definition) is 1. The Morgan fingerprint density at radius 3 is 2.62 bits per heavy atom. The number of alkyl halides is 1. The first kappa shape index (κ1) is 14.8. The highest BCUT2D eigenvalue weighted by Gasteiger charge is 2.25. The lowest BCUT2D eigenvalue weighted by molar-refractivity contribution is 0.520. The van der Waals surface area contributed by atoms with Crippen LogP contribution in [0.15, 0.2) is 47.4 Å². The van der Waals surface area contributed by atoms with Gasteiger partial charge >= 0.3 is 0 Å². The van der Waals surface area contributed by atoms with Crippen molar-refractivity contribution in [2.75, 3.05) is 6.54 Å². The standard InChI is InChI=1S/C16H18ClNO2S/c17-14-9-8-12(10-14)11-18-21(19,20)16-7-3-5-13-4-1-2-6-15(13)16/h1-7,12,14,18H,8-11H2. The number of sulfonamides is 1. The van der Waals surface area contributed by atoms with Gasteiger partial charge in [-0.3, -0.25) is 0 Å². The average Bonchev–Trinajstić information content (AvgIpc) is 2.90. The first-order valence-electron chi connectivity index (χ1n) is 7.18. The van der Waals surface area contributed by atoms with Crippen molar-refractivity contribution < 1.29 is 8.42 Å². The van der Waals surface area contributed by atoms with Crippen LogP contribution in [-0.2, 0) is 10.0 Å². The zero-order valence-electron chi connectivity index (χ0n) is 11.6. The molecule has 1 aliphatic carbocycles. The number of benzene rings is 2. The first-order valence-corrected chi connectivity index (χ1v) is 9.10. The molecule has 2 aromatic carbocycles. The number of rotatable bonds is 4. The van der Waals surface area contributed by atoms with Gasteiger partial charge in [0.25, 0.3) is 0 Å². The maximum Gasteiger partial charge on any atom is 0.241 e. The minimum atomic E-state index is -3.48. The predicted molar refractivity (Wildman–Crippen MR) is 86.1 cm³/mol. The second-order valence-electron chi connectivity index (χ2n) is 5.61. The third-order valence-corrected chi connectivity index (χ3v) is 5.96. The molecule has 1 fully saturated rings. The second-order valence-corrected chi connectivity index (χ2v) is 7.96. The molecule has 3 rings (SSSR count). The van der Waals surface area contributed by atoms with Crippen LogP contribution in [0.4, 0.5) is 0 Å². The molecule has 0 radical (unpaired) electrons. The summed E-state index contributed by atoms with van der Waals surface area (Å²) in [7, 11) is -3.48. The Kier molecular flexibility index (Phi) is 4.20. The van der Waals surface area contributed by atoms with Crippen molar-refractivity contribution in [2.45, 2.75) is 29.5 Å². The van der Waals surface area contributed by atoms with Crippen LogP contribution < -0.4 is 4.72 Å². The van der Waals surface area contributed by atoms with Gasteiger partial charge in [0.1, 0.15) is 0 Å². The van der Waals surface area contributed by atoms with Gasteiger partial charge in [0.15, 0.2) is 0 Å². The molecule has 0 aromatic heterocycles. The Morgan fingerprint density at radius 2 is 1.86 bits per heavy atom. The monoisotopic (exact) mass is 323 g/mol. The summed E-state index contributed by atoms with van der Waals surface area (Å²) in [5, 5.41) is 1.88. The van der Waals surface area contributed by atoms with Crippen LogP contribution in [0.3, 0.4) is 0 Å². The van der Waals surface area contributed by atoms with E-state index in [1.54, 1.807) is 12.1 Å². The van der Waals surface area contributed by atoms with Crippen molar-refractivity contribution in [3.8, 4) is 0 Å². The van der Waals surface area contributed by atoms with Crippen molar-refractivity contribution in [3.05, 3.63) is 42.5 Å². The van der Waals surface area contributed by atoms with E-state index >= 15 is 0 Å². The third-order valence-electron chi connectivity index (χ3n) is 4.08. The molecular weight excluding hydrogens is 306 g/mol. The van der Waals surface area contributed by atoms with Crippen LogP contribution in [0.25, 0.3) is 10.8 Å². The van der Waals surface area contributed by atoms with Crippen LogP contribution in [-0.4, -0.2) is 20.3 Å². The first-order chi connectivity index (χ1) is 10.1. The molecular formula is C16H18ClNO2S. The fourth-order valence-electron chi connectivity index (χ4n) is 2.93. The minimum Gasteiger partial charge on any atom is -0.211 e. The van der Waals surface area contributed by atoms with Crippen LogP contribution in [0.5, 0.6) is 0 Å². The summed E-state index contributed by atoms with van der Waals surface area (Å²) in [6, 6.07) is 12.9. The fourth-order valence-corrected chi connectivity index (χ4v) is 4.66. The van der Waals surface area contributed by atoms with Crippen molar-refractivity contribution >= 4 is 32.4 Å². The zero-order chi connectivity index (χ0) is 14.9. The third kappa shape index (κ3) is 3.23. The molecule has 5 heteroatoms. The topological polar surface area (TPSA) is 46.2 Å². The molecule has 2 aromatic rings. The SMILES string of the molecule is O=S(=O)(NCC1CCC(Cl)C1)c1cccc2ccccc12. The lowest BCUT2D eigenvalue weighted by atomic mass is 10.1. The number of nitrogens with one attached hydrogen (secondary N) is 1. The molecule has 2 unspecified atom stereocenters. The van der Waals surface area contributed by atoms with Gasteiger partial charge in [0.05, 0.1) is 4.90 Å². The lowest BCUT2D eigenvalue weighted by Crippen LogP contribution is -2.28. The molecule has 1 saturated carbocycles. The molecule has 1 aliphatic rings. The van der Waals surface area contributed by atoms with E-state index in [1.807, 2.05) is 30.3 Å². The summed E-state index contributed by atoms with van der Waals surface area (Å²) < 4.78 is 27.8.